The van der Waals surface area contributed by atoms with Crippen molar-refractivity contribution >= 4 is 11.6 Å². The summed E-state index contributed by atoms with van der Waals surface area (Å²) in [6.45, 7) is 1.70. The Morgan fingerprint density at radius 2 is 2.00 bits per heavy atom. The summed E-state index contributed by atoms with van der Waals surface area (Å²) in [5, 5.41) is 3.08. The molecule has 1 saturated heterocycles. The lowest BCUT2D eigenvalue weighted by Gasteiger charge is -2.23. The van der Waals surface area contributed by atoms with Crippen molar-refractivity contribution in [2.45, 2.75) is 44.2 Å². The van der Waals surface area contributed by atoms with Crippen LogP contribution in [0.5, 0.6) is 11.5 Å². The number of rotatable bonds is 5. The van der Waals surface area contributed by atoms with Crippen molar-refractivity contribution in [1.29, 1.82) is 0 Å². The second-order valence-electron chi connectivity index (χ2n) is 7.51. The maximum atomic E-state index is 12.9. The molecule has 7 heteroatoms. The van der Waals surface area contributed by atoms with Crippen molar-refractivity contribution in [3.8, 4) is 11.5 Å². The summed E-state index contributed by atoms with van der Waals surface area (Å²) in [5.74, 6) is 2.22. The van der Waals surface area contributed by atoms with E-state index < -0.39 is 0 Å². The van der Waals surface area contributed by atoms with Crippen LogP contribution in [0.2, 0.25) is 0 Å². The molecule has 1 amide bonds. The predicted molar refractivity (Wildman–Crippen MR) is 105 cm³/mol. The van der Waals surface area contributed by atoms with E-state index in [1.807, 2.05) is 18.2 Å². The Morgan fingerprint density at radius 3 is 2.79 bits per heavy atom. The summed E-state index contributed by atoms with van der Waals surface area (Å²) >= 11 is 0. The first-order valence-corrected chi connectivity index (χ1v) is 9.66. The number of hydrogen-bond donors (Lipinski definition) is 1. The molecular formula is C21H26FN3O3. The van der Waals surface area contributed by atoms with Gasteiger partial charge < -0.3 is 14.8 Å². The second kappa shape index (κ2) is 7.75. The van der Waals surface area contributed by atoms with Gasteiger partial charge in [-0.15, -0.1) is 0 Å². The smallest absolute Gasteiger partial charge is 0.241 e. The number of nitrogens with zero attached hydrogens (tertiary/aromatic N) is 2. The minimum atomic E-state index is -0.145. The summed E-state index contributed by atoms with van der Waals surface area (Å²) < 4.78 is 11.0. The van der Waals surface area contributed by atoms with E-state index in [9.17, 15) is 4.79 Å². The van der Waals surface area contributed by atoms with Gasteiger partial charge in [0.05, 0.1) is 6.04 Å². The van der Waals surface area contributed by atoms with E-state index in [-0.39, 0.29) is 24.9 Å². The van der Waals surface area contributed by atoms with Gasteiger partial charge in [0, 0.05) is 25.9 Å². The van der Waals surface area contributed by atoms with Gasteiger partial charge in [-0.3, -0.25) is 19.4 Å². The Labute approximate surface area is 164 Å². The molecule has 0 radical (unpaired) electrons. The highest BCUT2D eigenvalue weighted by molar-refractivity contribution is 5.95. The normalized spacial score (nSPS) is 20.6. The van der Waals surface area contributed by atoms with Crippen molar-refractivity contribution in [1.82, 2.24) is 9.88 Å². The van der Waals surface area contributed by atoms with E-state index in [4.69, 9.17) is 9.47 Å². The monoisotopic (exact) mass is 387 g/mol. The third-order valence-corrected chi connectivity index (χ3v) is 5.61. The standard InChI is InChI=1S/C21H23N3O3.FH.H2/c25-21(23-16-7-5-15(6-8-16)14-3-4-14)18-2-1-11-24(18)12-17-20-19(9-10-22-17)26-13-27-20;;/h5-10,14,18H,1-4,11-13H2,(H,23,25);2*1H/t18-;;/m1../s1. The number of aromatic nitrogens is 1. The second-order valence-corrected chi connectivity index (χ2v) is 7.51. The summed E-state index contributed by atoms with van der Waals surface area (Å²) in [4.78, 5) is 19.5. The van der Waals surface area contributed by atoms with Gasteiger partial charge >= 0.3 is 0 Å². The number of halogens is 1. The molecule has 28 heavy (non-hydrogen) atoms. The van der Waals surface area contributed by atoms with E-state index in [1.165, 1.54) is 18.4 Å². The SMILES string of the molecule is F.O=C(Nc1ccc(C2CC2)cc1)[C@H]1CCCN1Cc1nccc2c1OCO2.[HH]. The number of fused-ring (bicyclic) bond motifs is 1. The van der Waals surface area contributed by atoms with Gasteiger partial charge in [-0.05, 0) is 55.8 Å². The van der Waals surface area contributed by atoms with Gasteiger partial charge in [0.2, 0.25) is 12.7 Å². The molecule has 2 aromatic rings. The fraction of sp³-hybridized carbons (Fsp3) is 0.429. The van der Waals surface area contributed by atoms with Gasteiger partial charge in [-0.1, -0.05) is 12.1 Å². The molecule has 1 saturated carbocycles. The molecule has 1 aromatic heterocycles. The van der Waals surface area contributed by atoms with Gasteiger partial charge in [0.1, 0.15) is 5.69 Å². The lowest BCUT2D eigenvalue weighted by molar-refractivity contribution is -0.120. The average molecular weight is 387 g/mol. The van der Waals surface area contributed by atoms with E-state index in [0.717, 1.165) is 42.4 Å². The van der Waals surface area contributed by atoms with Crippen LogP contribution in [0.1, 0.15) is 44.3 Å². The molecule has 150 valence electrons. The van der Waals surface area contributed by atoms with Crippen LogP contribution in [-0.4, -0.2) is 35.2 Å². The minimum absolute atomic E-state index is 0. The molecule has 6 nitrogen and oxygen atoms in total. The van der Waals surface area contributed by atoms with Gasteiger partial charge in [-0.2, -0.15) is 0 Å². The number of amides is 1. The first kappa shape index (κ1) is 18.7. The van der Waals surface area contributed by atoms with Crippen LogP contribution in [0.3, 0.4) is 0 Å². The third-order valence-electron chi connectivity index (χ3n) is 5.61. The number of carbonyl (C=O) groups is 1. The molecule has 0 unspecified atom stereocenters. The van der Waals surface area contributed by atoms with Crippen molar-refractivity contribution in [2.75, 3.05) is 18.7 Å². The Balaban J connectivity index is 0.00000120. The molecule has 2 aliphatic heterocycles. The average Bonchev–Trinajstić information content (AvgIpc) is 3.23. The van der Waals surface area contributed by atoms with Crippen LogP contribution in [0.15, 0.2) is 36.5 Å². The molecule has 1 aliphatic carbocycles. The van der Waals surface area contributed by atoms with E-state index in [2.05, 4.69) is 27.3 Å². The highest BCUT2D eigenvalue weighted by Gasteiger charge is 2.32. The van der Waals surface area contributed by atoms with Crippen LogP contribution in [0.25, 0.3) is 0 Å². The molecule has 1 aromatic carbocycles. The zero-order chi connectivity index (χ0) is 18.2. The molecule has 5 rings (SSSR count). The maximum absolute atomic E-state index is 12.9. The zero-order valence-electron chi connectivity index (χ0n) is 15.6. The van der Waals surface area contributed by atoms with Crippen LogP contribution in [0.4, 0.5) is 10.4 Å². The topological polar surface area (TPSA) is 63.7 Å². The molecule has 2 fully saturated rings. The van der Waals surface area contributed by atoms with Crippen molar-refractivity contribution < 1.29 is 20.4 Å². The molecule has 3 aliphatic rings. The number of benzene rings is 1. The Morgan fingerprint density at radius 1 is 1.18 bits per heavy atom. The number of pyridine rings is 1. The number of carbonyl (C=O) groups excluding carboxylic acids is 1. The third kappa shape index (κ3) is 3.67. The minimum Gasteiger partial charge on any atom is -0.453 e. The van der Waals surface area contributed by atoms with Crippen molar-refractivity contribution in [3.05, 3.63) is 47.8 Å². The number of nitrogens with one attached hydrogen (secondary N) is 1. The number of hydrogen-bond acceptors (Lipinski definition) is 5. The number of likely N-dealkylation sites (tertiary alicyclic amines) is 1. The predicted octanol–water partition coefficient (Wildman–Crippen LogP) is 3.69. The van der Waals surface area contributed by atoms with Gasteiger partial charge in [0.25, 0.3) is 0 Å². The lowest BCUT2D eigenvalue weighted by atomic mass is 10.1. The Kier molecular flexibility index (Phi) is 5.17. The van der Waals surface area contributed by atoms with Gasteiger partial charge in [-0.25, -0.2) is 0 Å². The van der Waals surface area contributed by atoms with Gasteiger partial charge in [0.15, 0.2) is 11.5 Å². The van der Waals surface area contributed by atoms with Crippen LogP contribution < -0.4 is 14.8 Å². The van der Waals surface area contributed by atoms with E-state index in [0.29, 0.717) is 12.3 Å². The van der Waals surface area contributed by atoms with Crippen molar-refractivity contribution in [3.63, 3.8) is 0 Å². The number of anilines is 1. The molecular weight excluding hydrogens is 361 g/mol. The maximum Gasteiger partial charge on any atom is 0.241 e. The fourth-order valence-corrected chi connectivity index (χ4v) is 3.99. The molecule has 3 heterocycles. The molecule has 1 atom stereocenters. The summed E-state index contributed by atoms with van der Waals surface area (Å²) in [6.07, 6.45) is 6.17. The van der Waals surface area contributed by atoms with Crippen LogP contribution in [-0.2, 0) is 11.3 Å². The first-order valence-electron chi connectivity index (χ1n) is 9.66. The quantitative estimate of drug-likeness (QED) is 0.848. The number of ether oxygens (including phenoxy) is 2. The lowest BCUT2D eigenvalue weighted by Crippen LogP contribution is -2.39. The summed E-state index contributed by atoms with van der Waals surface area (Å²) in [7, 11) is 0. The van der Waals surface area contributed by atoms with Crippen LogP contribution in [0, 0.1) is 0 Å². The zero-order valence-corrected chi connectivity index (χ0v) is 15.6. The summed E-state index contributed by atoms with van der Waals surface area (Å²) in [5.41, 5.74) is 3.08. The molecule has 1 N–H and O–H groups in total. The Hall–Kier alpha value is -2.67. The highest BCUT2D eigenvalue weighted by atomic mass is 19.0. The largest absolute Gasteiger partial charge is 0.453 e. The summed E-state index contributed by atoms with van der Waals surface area (Å²) in [6, 6.07) is 9.96. The van der Waals surface area contributed by atoms with Crippen molar-refractivity contribution in [2.24, 2.45) is 0 Å². The van der Waals surface area contributed by atoms with Crippen LogP contribution >= 0.6 is 0 Å². The Bertz CT molecular complexity index is 861. The highest BCUT2D eigenvalue weighted by Crippen LogP contribution is 2.40. The van der Waals surface area contributed by atoms with E-state index >= 15 is 0 Å². The van der Waals surface area contributed by atoms with E-state index in [1.54, 1.807) is 6.20 Å². The molecule has 0 bridgehead atoms. The first-order chi connectivity index (χ1) is 13.3. The fourth-order valence-electron chi connectivity index (χ4n) is 3.99. The molecule has 0 spiro atoms.